The summed E-state index contributed by atoms with van der Waals surface area (Å²) in [5.41, 5.74) is 2.67. The van der Waals surface area contributed by atoms with Gasteiger partial charge >= 0.3 is 0 Å². The molecule has 146 valence electrons. The Hall–Kier alpha value is -1.31. The third kappa shape index (κ3) is 6.78. The summed E-state index contributed by atoms with van der Waals surface area (Å²) in [5.74, 6) is 1.17. The van der Waals surface area contributed by atoms with E-state index in [1.165, 1.54) is 17.5 Å². The van der Waals surface area contributed by atoms with E-state index in [1.807, 2.05) is 4.90 Å². The molecule has 0 atom stereocenters. The molecule has 1 aromatic rings. The van der Waals surface area contributed by atoms with Crippen LogP contribution in [0.4, 0.5) is 0 Å². The molecule has 26 heavy (non-hydrogen) atoms. The Balaban J connectivity index is 0.00000338. The number of guanidine groups is 1. The number of unbranched alkanes of at least 4 members (excludes halogenated alkanes) is 1. The number of carbonyl (C=O) groups is 1. The average molecular weight is 472 g/mol. The van der Waals surface area contributed by atoms with Crippen molar-refractivity contribution in [3.8, 4) is 0 Å². The van der Waals surface area contributed by atoms with Gasteiger partial charge < -0.3 is 15.1 Å². The van der Waals surface area contributed by atoms with E-state index in [9.17, 15) is 4.79 Å². The van der Waals surface area contributed by atoms with Gasteiger partial charge in [-0.2, -0.15) is 0 Å². The Kier molecular flexibility index (Phi) is 10.6. The monoisotopic (exact) mass is 472 g/mol. The molecule has 6 heteroatoms. The van der Waals surface area contributed by atoms with Crippen molar-refractivity contribution in [1.29, 1.82) is 0 Å². The van der Waals surface area contributed by atoms with Gasteiger partial charge in [-0.25, -0.2) is 0 Å². The number of hydrogen-bond acceptors (Lipinski definition) is 2. The van der Waals surface area contributed by atoms with Crippen molar-refractivity contribution >= 4 is 35.8 Å². The molecule has 1 aromatic carbocycles. The fourth-order valence-electron chi connectivity index (χ4n) is 3.19. The van der Waals surface area contributed by atoms with Crippen molar-refractivity contribution in [1.82, 2.24) is 15.1 Å². The lowest BCUT2D eigenvalue weighted by Crippen LogP contribution is -2.40. The number of hydrogen-bond donors (Lipinski definition) is 1. The van der Waals surface area contributed by atoms with E-state index >= 15 is 0 Å². The van der Waals surface area contributed by atoms with Gasteiger partial charge in [0.15, 0.2) is 5.96 Å². The van der Waals surface area contributed by atoms with E-state index in [1.54, 1.807) is 7.05 Å². The Bertz CT molecular complexity index is 591. The number of carbonyl (C=O) groups excluding carboxylic acids is 1. The summed E-state index contributed by atoms with van der Waals surface area (Å²) in [6.07, 6.45) is 4.72. The first-order chi connectivity index (χ1) is 12.2. The van der Waals surface area contributed by atoms with Crippen molar-refractivity contribution in [2.45, 2.75) is 45.6 Å². The quantitative estimate of drug-likeness (QED) is 0.287. The van der Waals surface area contributed by atoms with Gasteiger partial charge in [0.2, 0.25) is 5.91 Å². The number of nitrogens with one attached hydrogen (secondary N) is 1. The molecule has 0 saturated heterocycles. The van der Waals surface area contributed by atoms with E-state index in [0.29, 0.717) is 6.42 Å². The van der Waals surface area contributed by atoms with Crippen LogP contribution in [0, 0.1) is 0 Å². The lowest BCUT2D eigenvalue weighted by molar-refractivity contribution is -0.132. The van der Waals surface area contributed by atoms with Gasteiger partial charge in [-0.3, -0.25) is 9.79 Å². The van der Waals surface area contributed by atoms with Gasteiger partial charge in [-0.1, -0.05) is 37.6 Å². The summed E-state index contributed by atoms with van der Waals surface area (Å²) in [4.78, 5) is 20.9. The van der Waals surface area contributed by atoms with Gasteiger partial charge in [0.25, 0.3) is 0 Å². The van der Waals surface area contributed by atoms with Crippen molar-refractivity contribution in [3.05, 3.63) is 35.4 Å². The van der Waals surface area contributed by atoms with E-state index < -0.39 is 0 Å². The van der Waals surface area contributed by atoms with Crippen LogP contribution in [0.3, 0.4) is 0 Å². The van der Waals surface area contributed by atoms with Crippen molar-refractivity contribution < 1.29 is 4.79 Å². The second kappa shape index (κ2) is 12.1. The molecule has 1 aliphatic heterocycles. The largest absolute Gasteiger partial charge is 0.356 e. The number of halogens is 1. The molecule has 1 amide bonds. The molecule has 5 nitrogen and oxygen atoms in total. The van der Waals surface area contributed by atoms with E-state index in [-0.39, 0.29) is 29.9 Å². The fraction of sp³-hybridized carbons (Fsp3) is 0.600. The fourth-order valence-corrected chi connectivity index (χ4v) is 3.19. The normalized spacial score (nSPS) is 13.7. The number of rotatable bonds is 7. The van der Waals surface area contributed by atoms with Gasteiger partial charge in [0, 0.05) is 46.7 Å². The maximum atomic E-state index is 12.5. The third-order valence-electron chi connectivity index (χ3n) is 4.75. The number of benzene rings is 1. The number of fused-ring (bicyclic) bond motifs is 1. The first-order valence-electron chi connectivity index (χ1n) is 9.42. The van der Waals surface area contributed by atoms with Gasteiger partial charge in [0.05, 0.1) is 0 Å². The van der Waals surface area contributed by atoms with Crippen LogP contribution in [0.2, 0.25) is 0 Å². The molecular formula is C20H33IN4O. The van der Waals surface area contributed by atoms with Crippen LogP contribution in [0.15, 0.2) is 29.3 Å². The highest BCUT2D eigenvalue weighted by Gasteiger charge is 2.19. The Morgan fingerprint density at radius 2 is 2.00 bits per heavy atom. The second-order valence-electron chi connectivity index (χ2n) is 6.69. The van der Waals surface area contributed by atoms with Crippen molar-refractivity contribution in [2.75, 3.05) is 33.7 Å². The summed E-state index contributed by atoms with van der Waals surface area (Å²) < 4.78 is 0. The Morgan fingerprint density at radius 1 is 1.27 bits per heavy atom. The highest BCUT2D eigenvalue weighted by atomic mass is 127. The van der Waals surface area contributed by atoms with Crippen molar-refractivity contribution in [2.24, 2.45) is 4.99 Å². The zero-order valence-corrected chi connectivity index (χ0v) is 18.7. The molecule has 0 aliphatic carbocycles. The van der Waals surface area contributed by atoms with Gasteiger partial charge in [0.1, 0.15) is 0 Å². The molecule has 2 rings (SSSR count). The second-order valence-corrected chi connectivity index (χ2v) is 6.69. The van der Waals surface area contributed by atoms with E-state index in [0.717, 1.165) is 51.4 Å². The molecular weight excluding hydrogens is 439 g/mol. The van der Waals surface area contributed by atoms with Crippen LogP contribution in [0.5, 0.6) is 0 Å². The van der Waals surface area contributed by atoms with Gasteiger partial charge in [-0.05, 0) is 30.4 Å². The summed E-state index contributed by atoms with van der Waals surface area (Å²) >= 11 is 0. The molecule has 0 radical (unpaired) electrons. The summed E-state index contributed by atoms with van der Waals surface area (Å²) in [7, 11) is 3.86. The lowest BCUT2D eigenvalue weighted by Gasteiger charge is -2.29. The third-order valence-corrected chi connectivity index (χ3v) is 4.75. The topological polar surface area (TPSA) is 47.9 Å². The van der Waals surface area contributed by atoms with E-state index in [2.05, 4.69) is 53.4 Å². The molecule has 0 unspecified atom stereocenters. The standard InChI is InChI=1S/C20H32N4O.HI/c1-4-5-14-23(3)20(21-2)22-13-8-11-19(25)24-15-12-17-9-6-7-10-18(17)16-24;/h6-7,9-10H,4-5,8,11-16H2,1-3H3,(H,21,22);1H. The first kappa shape index (κ1) is 22.7. The van der Waals surface area contributed by atoms with Crippen LogP contribution >= 0.6 is 24.0 Å². The number of amides is 1. The molecule has 0 spiro atoms. The SMILES string of the molecule is CCCCN(C)C(=NC)NCCCC(=O)N1CCc2ccccc2C1.I. The summed E-state index contributed by atoms with van der Waals surface area (Å²) in [5, 5.41) is 3.36. The van der Waals surface area contributed by atoms with Gasteiger partial charge in [-0.15, -0.1) is 24.0 Å². The highest BCUT2D eigenvalue weighted by molar-refractivity contribution is 14.0. The minimum absolute atomic E-state index is 0. The van der Waals surface area contributed by atoms with Crippen LogP contribution in [0.25, 0.3) is 0 Å². The minimum atomic E-state index is 0. The number of nitrogens with zero attached hydrogens (tertiary/aromatic N) is 3. The van der Waals surface area contributed by atoms with Crippen LogP contribution < -0.4 is 5.32 Å². The smallest absolute Gasteiger partial charge is 0.222 e. The van der Waals surface area contributed by atoms with E-state index in [4.69, 9.17) is 0 Å². The number of aliphatic imine (C=N–C) groups is 1. The van der Waals surface area contributed by atoms with Crippen LogP contribution in [-0.2, 0) is 17.8 Å². The Morgan fingerprint density at radius 3 is 2.69 bits per heavy atom. The molecule has 1 N–H and O–H groups in total. The Labute approximate surface area is 175 Å². The zero-order valence-electron chi connectivity index (χ0n) is 16.3. The molecule has 1 heterocycles. The predicted octanol–water partition coefficient (Wildman–Crippen LogP) is 3.28. The molecule has 1 aliphatic rings. The molecule has 0 saturated carbocycles. The molecule has 0 bridgehead atoms. The maximum Gasteiger partial charge on any atom is 0.222 e. The minimum Gasteiger partial charge on any atom is -0.356 e. The zero-order chi connectivity index (χ0) is 18.1. The lowest BCUT2D eigenvalue weighted by atomic mass is 9.99. The molecule has 0 fully saturated rings. The van der Waals surface area contributed by atoms with Crippen molar-refractivity contribution in [3.63, 3.8) is 0 Å². The average Bonchev–Trinajstić information content (AvgIpc) is 2.65. The summed E-state index contributed by atoms with van der Waals surface area (Å²) in [6.45, 7) is 5.56. The first-order valence-corrected chi connectivity index (χ1v) is 9.42. The maximum absolute atomic E-state index is 12.5. The highest BCUT2D eigenvalue weighted by Crippen LogP contribution is 2.19. The molecule has 0 aromatic heterocycles. The predicted molar refractivity (Wildman–Crippen MR) is 119 cm³/mol. The van der Waals surface area contributed by atoms with Crippen LogP contribution in [0.1, 0.15) is 43.7 Å². The van der Waals surface area contributed by atoms with Crippen LogP contribution in [-0.4, -0.2) is 55.4 Å². The summed E-state index contributed by atoms with van der Waals surface area (Å²) in [6, 6.07) is 8.43.